The first-order chi connectivity index (χ1) is 6.33. The molecule has 1 rings (SSSR count). The molecule has 1 aliphatic carbocycles. The molecule has 76 valence electrons. The van der Waals surface area contributed by atoms with E-state index in [0.29, 0.717) is 6.54 Å². The summed E-state index contributed by atoms with van der Waals surface area (Å²) in [5, 5.41) is 5.92. The van der Waals surface area contributed by atoms with E-state index in [1.165, 1.54) is 19.3 Å². The van der Waals surface area contributed by atoms with Crippen LogP contribution in [0.5, 0.6) is 0 Å². The molecular formula is C10H20N2O. The molecule has 0 atom stereocenters. The minimum atomic E-state index is 0.126. The van der Waals surface area contributed by atoms with E-state index >= 15 is 0 Å². The third-order valence-electron chi connectivity index (χ3n) is 2.64. The zero-order valence-corrected chi connectivity index (χ0v) is 8.44. The van der Waals surface area contributed by atoms with Gasteiger partial charge in [-0.25, -0.2) is 0 Å². The van der Waals surface area contributed by atoms with Crippen LogP contribution in [-0.4, -0.2) is 25.5 Å². The summed E-state index contributed by atoms with van der Waals surface area (Å²) >= 11 is 0. The van der Waals surface area contributed by atoms with E-state index in [2.05, 4.69) is 10.6 Å². The quantitative estimate of drug-likeness (QED) is 0.644. The van der Waals surface area contributed by atoms with E-state index in [0.717, 1.165) is 25.4 Å². The first-order valence-electron chi connectivity index (χ1n) is 5.30. The second-order valence-corrected chi connectivity index (χ2v) is 3.72. The average Bonchev–Trinajstić information content (AvgIpc) is 2.06. The van der Waals surface area contributed by atoms with Crippen molar-refractivity contribution in [2.75, 3.05) is 19.6 Å². The molecule has 0 aliphatic heterocycles. The smallest absolute Gasteiger partial charge is 0.233 e. The SMILES string of the molecule is CCNCC(=O)NCCC1CCC1. The summed E-state index contributed by atoms with van der Waals surface area (Å²) in [6, 6.07) is 0. The molecule has 3 heteroatoms. The van der Waals surface area contributed by atoms with Gasteiger partial charge in [0.1, 0.15) is 0 Å². The van der Waals surface area contributed by atoms with Crippen molar-refractivity contribution < 1.29 is 4.79 Å². The van der Waals surface area contributed by atoms with Gasteiger partial charge in [-0.3, -0.25) is 4.79 Å². The highest BCUT2D eigenvalue weighted by Gasteiger charge is 2.16. The Balaban J connectivity index is 1.88. The van der Waals surface area contributed by atoms with Crippen LogP contribution in [0.15, 0.2) is 0 Å². The second kappa shape index (κ2) is 5.97. The Bertz CT molecular complexity index is 155. The van der Waals surface area contributed by atoms with Gasteiger partial charge in [-0.05, 0) is 18.9 Å². The van der Waals surface area contributed by atoms with Gasteiger partial charge in [0, 0.05) is 6.54 Å². The lowest BCUT2D eigenvalue weighted by Gasteiger charge is -2.25. The molecule has 0 bridgehead atoms. The molecule has 0 spiro atoms. The molecule has 1 amide bonds. The van der Waals surface area contributed by atoms with E-state index in [4.69, 9.17) is 0 Å². The summed E-state index contributed by atoms with van der Waals surface area (Å²) in [6.07, 6.45) is 5.28. The summed E-state index contributed by atoms with van der Waals surface area (Å²) in [7, 11) is 0. The van der Waals surface area contributed by atoms with Crippen LogP contribution < -0.4 is 10.6 Å². The first kappa shape index (κ1) is 10.5. The minimum absolute atomic E-state index is 0.126. The van der Waals surface area contributed by atoms with Crippen LogP contribution in [0.4, 0.5) is 0 Å². The van der Waals surface area contributed by atoms with E-state index in [-0.39, 0.29) is 5.91 Å². The number of carbonyl (C=O) groups is 1. The van der Waals surface area contributed by atoms with Crippen molar-refractivity contribution in [2.24, 2.45) is 5.92 Å². The minimum Gasteiger partial charge on any atom is -0.355 e. The van der Waals surface area contributed by atoms with Gasteiger partial charge < -0.3 is 10.6 Å². The van der Waals surface area contributed by atoms with Crippen molar-refractivity contribution in [3.05, 3.63) is 0 Å². The second-order valence-electron chi connectivity index (χ2n) is 3.72. The topological polar surface area (TPSA) is 41.1 Å². The van der Waals surface area contributed by atoms with E-state index in [9.17, 15) is 4.79 Å². The monoisotopic (exact) mass is 184 g/mol. The Labute approximate surface area is 80.3 Å². The Morgan fingerprint density at radius 3 is 2.77 bits per heavy atom. The summed E-state index contributed by atoms with van der Waals surface area (Å²) < 4.78 is 0. The molecule has 0 saturated heterocycles. The number of carbonyl (C=O) groups excluding carboxylic acids is 1. The Morgan fingerprint density at radius 2 is 2.23 bits per heavy atom. The summed E-state index contributed by atoms with van der Waals surface area (Å²) in [4.78, 5) is 11.1. The van der Waals surface area contributed by atoms with Crippen molar-refractivity contribution in [3.63, 3.8) is 0 Å². The number of likely N-dealkylation sites (N-methyl/N-ethyl adjacent to an activating group) is 1. The largest absolute Gasteiger partial charge is 0.355 e. The van der Waals surface area contributed by atoms with E-state index < -0.39 is 0 Å². The average molecular weight is 184 g/mol. The molecule has 0 aromatic carbocycles. The van der Waals surface area contributed by atoms with Gasteiger partial charge in [-0.1, -0.05) is 26.2 Å². The number of nitrogens with one attached hydrogen (secondary N) is 2. The van der Waals surface area contributed by atoms with Gasteiger partial charge in [-0.15, -0.1) is 0 Å². The molecule has 13 heavy (non-hydrogen) atoms. The highest BCUT2D eigenvalue weighted by Crippen LogP contribution is 2.28. The van der Waals surface area contributed by atoms with Gasteiger partial charge in [0.05, 0.1) is 6.54 Å². The first-order valence-corrected chi connectivity index (χ1v) is 5.30. The highest BCUT2D eigenvalue weighted by molar-refractivity contribution is 5.77. The Kier molecular flexibility index (Phi) is 4.83. The number of hydrogen-bond donors (Lipinski definition) is 2. The van der Waals surface area contributed by atoms with Crippen LogP contribution in [0.3, 0.4) is 0 Å². The number of rotatable bonds is 6. The fourth-order valence-electron chi connectivity index (χ4n) is 1.50. The van der Waals surface area contributed by atoms with Gasteiger partial charge >= 0.3 is 0 Å². The van der Waals surface area contributed by atoms with E-state index in [1.54, 1.807) is 0 Å². The normalized spacial score (nSPS) is 16.7. The molecule has 1 saturated carbocycles. The van der Waals surface area contributed by atoms with Gasteiger partial charge in [0.2, 0.25) is 5.91 Å². The predicted molar refractivity (Wildman–Crippen MR) is 53.5 cm³/mol. The zero-order valence-electron chi connectivity index (χ0n) is 8.44. The van der Waals surface area contributed by atoms with Crippen LogP contribution in [0.2, 0.25) is 0 Å². The fraction of sp³-hybridized carbons (Fsp3) is 0.900. The Morgan fingerprint density at radius 1 is 1.46 bits per heavy atom. The number of amides is 1. The zero-order chi connectivity index (χ0) is 9.52. The van der Waals surface area contributed by atoms with Crippen molar-refractivity contribution in [1.29, 1.82) is 0 Å². The third-order valence-corrected chi connectivity index (χ3v) is 2.64. The lowest BCUT2D eigenvalue weighted by molar-refractivity contribution is -0.120. The lowest BCUT2D eigenvalue weighted by atomic mass is 9.83. The molecule has 0 aromatic heterocycles. The van der Waals surface area contributed by atoms with Crippen LogP contribution in [-0.2, 0) is 4.79 Å². The molecule has 0 heterocycles. The van der Waals surface area contributed by atoms with Gasteiger partial charge in [0.15, 0.2) is 0 Å². The molecular weight excluding hydrogens is 164 g/mol. The van der Waals surface area contributed by atoms with Crippen LogP contribution in [0.25, 0.3) is 0 Å². The molecule has 0 radical (unpaired) electrons. The standard InChI is InChI=1S/C10H20N2O/c1-2-11-8-10(13)12-7-6-9-4-3-5-9/h9,11H,2-8H2,1H3,(H,12,13). The summed E-state index contributed by atoms with van der Waals surface area (Å²) in [5.74, 6) is 1.01. The van der Waals surface area contributed by atoms with Crippen LogP contribution >= 0.6 is 0 Å². The lowest BCUT2D eigenvalue weighted by Crippen LogP contribution is -2.35. The summed E-state index contributed by atoms with van der Waals surface area (Å²) in [5.41, 5.74) is 0. The van der Waals surface area contributed by atoms with Crippen molar-refractivity contribution >= 4 is 5.91 Å². The third kappa shape index (κ3) is 4.27. The molecule has 1 fully saturated rings. The number of hydrogen-bond acceptors (Lipinski definition) is 2. The van der Waals surface area contributed by atoms with Crippen molar-refractivity contribution in [3.8, 4) is 0 Å². The maximum absolute atomic E-state index is 11.1. The Hall–Kier alpha value is -0.570. The predicted octanol–water partition coefficient (Wildman–Crippen LogP) is 0.902. The fourth-order valence-corrected chi connectivity index (χ4v) is 1.50. The van der Waals surface area contributed by atoms with Crippen LogP contribution in [0.1, 0.15) is 32.6 Å². The summed E-state index contributed by atoms with van der Waals surface area (Å²) in [6.45, 7) is 4.17. The van der Waals surface area contributed by atoms with Gasteiger partial charge in [-0.2, -0.15) is 0 Å². The molecule has 3 nitrogen and oxygen atoms in total. The molecule has 0 unspecified atom stereocenters. The van der Waals surface area contributed by atoms with Crippen LogP contribution in [0, 0.1) is 5.92 Å². The maximum Gasteiger partial charge on any atom is 0.233 e. The van der Waals surface area contributed by atoms with Crippen molar-refractivity contribution in [2.45, 2.75) is 32.6 Å². The van der Waals surface area contributed by atoms with E-state index in [1.807, 2.05) is 6.92 Å². The molecule has 0 aromatic rings. The highest BCUT2D eigenvalue weighted by atomic mass is 16.1. The van der Waals surface area contributed by atoms with Crippen molar-refractivity contribution in [1.82, 2.24) is 10.6 Å². The van der Waals surface area contributed by atoms with Gasteiger partial charge in [0.25, 0.3) is 0 Å². The molecule has 2 N–H and O–H groups in total. The maximum atomic E-state index is 11.1. The molecule has 1 aliphatic rings.